The fourth-order valence-corrected chi connectivity index (χ4v) is 3.03. The summed E-state index contributed by atoms with van der Waals surface area (Å²) in [7, 11) is 0. The van der Waals surface area contributed by atoms with Gasteiger partial charge in [-0.25, -0.2) is 0 Å². The lowest BCUT2D eigenvalue weighted by Crippen LogP contribution is -2.06. The lowest BCUT2D eigenvalue weighted by atomic mass is 10.2. The summed E-state index contributed by atoms with van der Waals surface area (Å²) in [6.07, 6.45) is 1.61. The van der Waals surface area contributed by atoms with Crippen molar-refractivity contribution in [1.82, 2.24) is 0 Å². The van der Waals surface area contributed by atoms with Gasteiger partial charge < -0.3 is 5.73 Å². The molecule has 0 fully saturated rings. The van der Waals surface area contributed by atoms with Crippen LogP contribution >= 0.6 is 46.0 Å². The maximum Gasteiger partial charge on any atom is 0.180 e. The van der Waals surface area contributed by atoms with Crippen molar-refractivity contribution >= 4 is 57.3 Å². The third-order valence-corrected chi connectivity index (χ3v) is 4.40. The SMILES string of the molecule is NC(=NN=Cc1ccc(I)cc1Cl)SCc1ccccc1. The van der Waals surface area contributed by atoms with E-state index in [0.717, 1.165) is 14.9 Å². The molecule has 2 aromatic carbocycles. The van der Waals surface area contributed by atoms with Gasteiger partial charge in [-0.05, 0) is 40.3 Å². The van der Waals surface area contributed by atoms with Gasteiger partial charge in [0.05, 0.1) is 11.2 Å². The van der Waals surface area contributed by atoms with Crippen LogP contribution in [0.5, 0.6) is 0 Å². The number of hydrogen-bond donors (Lipinski definition) is 1. The molecule has 0 bridgehead atoms. The number of halogens is 2. The molecule has 108 valence electrons. The first-order valence-electron chi connectivity index (χ1n) is 6.13. The molecule has 2 aromatic rings. The van der Waals surface area contributed by atoms with E-state index in [1.54, 1.807) is 6.21 Å². The van der Waals surface area contributed by atoms with E-state index in [1.807, 2.05) is 36.4 Å². The maximum absolute atomic E-state index is 6.11. The van der Waals surface area contributed by atoms with E-state index < -0.39 is 0 Å². The third kappa shape index (κ3) is 5.68. The van der Waals surface area contributed by atoms with Crippen molar-refractivity contribution in [3.05, 3.63) is 68.3 Å². The molecule has 0 aromatic heterocycles. The summed E-state index contributed by atoms with van der Waals surface area (Å²) in [4.78, 5) is 0. The van der Waals surface area contributed by atoms with Gasteiger partial charge >= 0.3 is 0 Å². The Morgan fingerprint density at radius 3 is 2.71 bits per heavy atom. The van der Waals surface area contributed by atoms with Crippen LogP contribution in [-0.2, 0) is 5.75 Å². The van der Waals surface area contributed by atoms with Crippen LogP contribution in [-0.4, -0.2) is 11.4 Å². The van der Waals surface area contributed by atoms with Crippen molar-refractivity contribution in [2.45, 2.75) is 5.75 Å². The first-order chi connectivity index (χ1) is 10.1. The van der Waals surface area contributed by atoms with Crippen LogP contribution in [0.15, 0.2) is 58.7 Å². The van der Waals surface area contributed by atoms with Crippen LogP contribution in [0.1, 0.15) is 11.1 Å². The Labute approximate surface area is 146 Å². The Morgan fingerprint density at radius 1 is 1.24 bits per heavy atom. The largest absolute Gasteiger partial charge is 0.377 e. The van der Waals surface area contributed by atoms with E-state index in [2.05, 4.69) is 44.9 Å². The Kier molecular flexibility index (Phi) is 6.53. The highest BCUT2D eigenvalue weighted by atomic mass is 127. The van der Waals surface area contributed by atoms with Gasteiger partial charge in [-0.1, -0.05) is 59.8 Å². The van der Waals surface area contributed by atoms with Gasteiger partial charge in [0.15, 0.2) is 5.17 Å². The molecule has 3 nitrogen and oxygen atoms in total. The second-order valence-electron chi connectivity index (χ2n) is 4.12. The van der Waals surface area contributed by atoms with Crippen LogP contribution < -0.4 is 5.73 Å². The first kappa shape index (κ1) is 16.3. The van der Waals surface area contributed by atoms with E-state index in [4.69, 9.17) is 17.3 Å². The minimum Gasteiger partial charge on any atom is -0.377 e. The summed E-state index contributed by atoms with van der Waals surface area (Å²) < 4.78 is 1.08. The first-order valence-corrected chi connectivity index (χ1v) is 8.57. The standard InChI is InChI=1S/C15H13ClIN3S/c16-14-8-13(17)7-6-12(14)9-19-20-15(18)21-10-11-4-2-1-3-5-11/h1-9H,10H2,(H2,18,20). The summed E-state index contributed by atoms with van der Waals surface area (Å²) in [5.41, 5.74) is 7.83. The molecule has 0 saturated carbocycles. The molecule has 6 heteroatoms. The zero-order valence-electron chi connectivity index (χ0n) is 11.0. The minimum atomic E-state index is 0.428. The highest BCUT2D eigenvalue weighted by Gasteiger charge is 1.98. The number of rotatable bonds is 4. The van der Waals surface area contributed by atoms with E-state index in [0.29, 0.717) is 10.2 Å². The monoisotopic (exact) mass is 429 g/mol. The molecule has 0 aliphatic heterocycles. The Hall–Kier alpha value is -1.05. The smallest absolute Gasteiger partial charge is 0.180 e. The van der Waals surface area contributed by atoms with Gasteiger partial charge in [-0.15, -0.1) is 5.10 Å². The molecular weight excluding hydrogens is 417 g/mol. The van der Waals surface area contributed by atoms with Gasteiger partial charge in [0.1, 0.15) is 0 Å². The van der Waals surface area contributed by atoms with Crippen molar-refractivity contribution in [2.24, 2.45) is 15.9 Å². The van der Waals surface area contributed by atoms with E-state index in [9.17, 15) is 0 Å². The predicted molar refractivity (Wildman–Crippen MR) is 101 cm³/mol. The highest BCUT2D eigenvalue weighted by Crippen LogP contribution is 2.17. The second-order valence-corrected chi connectivity index (χ2v) is 6.77. The van der Waals surface area contributed by atoms with Crippen molar-refractivity contribution in [3.8, 4) is 0 Å². The second kappa shape index (κ2) is 8.41. The lowest BCUT2D eigenvalue weighted by molar-refractivity contribution is 1.25. The highest BCUT2D eigenvalue weighted by molar-refractivity contribution is 14.1. The Balaban J connectivity index is 1.92. The third-order valence-electron chi connectivity index (χ3n) is 2.55. The molecule has 0 aliphatic carbocycles. The minimum absolute atomic E-state index is 0.428. The molecule has 0 saturated heterocycles. The van der Waals surface area contributed by atoms with Gasteiger partial charge in [0.2, 0.25) is 0 Å². The molecule has 0 radical (unpaired) electrons. The molecule has 0 amide bonds. The molecule has 0 spiro atoms. The normalized spacial score (nSPS) is 12.0. The van der Waals surface area contributed by atoms with Crippen LogP contribution in [0.2, 0.25) is 5.02 Å². The van der Waals surface area contributed by atoms with Gasteiger partial charge in [0.25, 0.3) is 0 Å². The predicted octanol–water partition coefficient (Wildman–Crippen LogP) is 4.53. The quantitative estimate of drug-likeness (QED) is 0.336. The van der Waals surface area contributed by atoms with Crippen LogP contribution in [0.25, 0.3) is 0 Å². The van der Waals surface area contributed by atoms with E-state index in [1.165, 1.54) is 17.3 Å². The van der Waals surface area contributed by atoms with Crippen LogP contribution in [0, 0.1) is 3.57 Å². The summed E-state index contributed by atoms with van der Waals surface area (Å²) in [5.74, 6) is 0.774. The number of thioether (sulfide) groups is 1. The zero-order valence-corrected chi connectivity index (χ0v) is 14.8. The number of hydrogen-bond acceptors (Lipinski definition) is 3. The van der Waals surface area contributed by atoms with Gasteiger partial charge in [-0.3, -0.25) is 0 Å². The fraction of sp³-hybridized carbons (Fsp3) is 0.0667. The number of nitrogens with two attached hydrogens (primary N) is 1. The van der Waals surface area contributed by atoms with Crippen molar-refractivity contribution in [3.63, 3.8) is 0 Å². The molecule has 0 heterocycles. The van der Waals surface area contributed by atoms with Crippen LogP contribution in [0.4, 0.5) is 0 Å². The summed E-state index contributed by atoms with van der Waals surface area (Å²) in [6, 6.07) is 15.8. The van der Waals surface area contributed by atoms with Gasteiger partial charge in [0, 0.05) is 14.9 Å². The zero-order chi connectivity index (χ0) is 15.1. The summed E-state index contributed by atoms with van der Waals surface area (Å²) in [6.45, 7) is 0. The molecule has 2 N–H and O–H groups in total. The van der Waals surface area contributed by atoms with Crippen molar-refractivity contribution < 1.29 is 0 Å². The summed E-state index contributed by atoms with van der Waals surface area (Å²) >= 11 is 9.76. The molecule has 0 unspecified atom stereocenters. The Bertz CT molecular complexity index is 659. The lowest BCUT2D eigenvalue weighted by Gasteiger charge is -1.99. The molecule has 0 aliphatic rings. The average Bonchev–Trinajstić information content (AvgIpc) is 2.48. The molecule has 2 rings (SSSR count). The number of nitrogens with zero attached hydrogens (tertiary/aromatic N) is 2. The average molecular weight is 430 g/mol. The number of amidine groups is 1. The molecule has 21 heavy (non-hydrogen) atoms. The fourth-order valence-electron chi connectivity index (χ4n) is 1.51. The van der Waals surface area contributed by atoms with Crippen molar-refractivity contribution in [1.29, 1.82) is 0 Å². The number of benzene rings is 2. The van der Waals surface area contributed by atoms with E-state index >= 15 is 0 Å². The van der Waals surface area contributed by atoms with Crippen molar-refractivity contribution in [2.75, 3.05) is 0 Å². The summed E-state index contributed by atoms with van der Waals surface area (Å²) in [5, 5.41) is 9.02. The topological polar surface area (TPSA) is 50.7 Å². The Morgan fingerprint density at radius 2 is 2.00 bits per heavy atom. The molecule has 0 atom stereocenters. The molecular formula is C15H13ClIN3S. The maximum atomic E-state index is 6.11. The van der Waals surface area contributed by atoms with Crippen LogP contribution in [0.3, 0.4) is 0 Å². The van der Waals surface area contributed by atoms with Gasteiger partial charge in [-0.2, -0.15) is 5.10 Å². The van der Waals surface area contributed by atoms with E-state index in [-0.39, 0.29) is 0 Å².